The zero-order valence-electron chi connectivity index (χ0n) is 21.9. The van der Waals surface area contributed by atoms with Crippen LogP contribution in [0.3, 0.4) is 0 Å². The summed E-state index contributed by atoms with van der Waals surface area (Å²) < 4.78 is 39.4. The summed E-state index contributed by atoms with van der Waals surface area (Å²) in [5.41, 5.74) is -0.900. The van der Waals surface area contributed by atoms with Crippen molar-refractivity contribution in [2.24, 2.45) is 0 Å². The number of carbonyl (C=O) groups is 3. The van der Waals surface area contributed by atoms with Gasteiger partial charge in [0.2, 0.25) is 5.91 Å². The number of carbonyl (C=O) groups excluding carboxylic acids is 3. The van der Waals surface area contributed by atoms with Crippen molar-refractivity contribution in [2.75, 3.05) is 37.7 Å². The van der Waals surface area contributed by atoms with Crippen LogP contribution in [-0.4, -0.2) is 80.2 Å². The van der Waals surface area contributed by atoms with Gasteiger partial charge in [-0.3, -0.25) is 19.4 Å². The molecule has 0 saturated carbocycles. The summed E-state index contributed by atoms with van der Waals surface area (Å²) in [6, 6.07) is 2.36. The molecule has 4 heterocycles. The first-order valence-electron chi connectivity index (χ1n) is 12.7. The van der Waals surface area contributed by atoms with Gasteiger partial charge in [0.1, 0.15) is 17.8 Å². The molecule has 0 radical (unpaired) electrons. The van der Waals surface area contributed by atoms with E-state index in [9.17, 15) is 27.6 Å². The molecule has 0 aromatic carbocycles. The van der Waals surface area contributed by atoms with Crippen molar-refractivity contribution in [1.29, 1.82) is 0 Å². The van der Waals surface area contributed by atoms with Crippen LogP contribution < -0.4 is 4.90 Å². The maximum atomic E-state index is 13.1. The number of anilines is 1. The molecule has 1 aliphatic heterocycles. The molecule has 3 aromatic rings. The SMILES string of the molecule is CC(CC(=O)c1cc(N2CCN(C(=O)CCO)CC2)ncn1)c1ncc(C(=O)Cc2cc(C(F)(F)F)c(Cl)cn2)s1. The van der Waals surface area contributed by atoms with Gasteiger partial charge in [0.25, 0.3) is 0 Å². The van der Waals surface area contributed by atoms with Crippen LogP contribution in [0.2, 0.25) is 5.02 Å². The number of alkyl halides is 3. The van der Waals surface area contributed by atoms with E-state index in [0.717, 1.165) is 23.6 Å². The second-order valence-corrected chi connectivity index (χ2v) is 10.9. The summed E-state index contributed by atoms with van der Waals surface area (Å²) in [4.78, 5) is 58.1. The van der Waals surface area contributed by atoms with Gasteiger partial charge in [-0.1, -0.05) is 18.5 Å². The van der Waals surface area contributed by atoms with Crippen LogP contribution in [0.15, 0.2) is 30.9 Å². The Labute approximate surface area is 242 Å². The fourth-order valence-electron chi connectivity index (χ4n) is 4.27. The van der Waals surface area contributed by atoms with E-state index in [-0.39, 0.29) is 59.7 Å². The molecule has 1 N–H and O–H groups in total. The number of pyridine rings is 1. The highest BCUT2D eigenvalue weighted by molar-refractivity contribution is 7.13. The Morgan fingerprint density at radius 3 is 2.46 bits per heavy atom. The van der Waals surface area contributed by atoms with Gasteiger partial charge in [0, 0.05) is 69.1 Å². The van der Waals surface area contributed by atoms with E-state index in [1.54, 1.807) is 17.9 Å². The maximum absolute atomic E-state index is 13.1. The molecule has 1 amide bonds. The smallest absolute Gasteiger partial charge is 0.396 e. The summed E-state index contributed by atoms with van der Waals surface area (Å²) in [7, 11) is 0. The van der Waals surface area contributed by atoms with Crippen molar-refractivity contribution in [3.8, 4) is 0 Å². The fraction of sp³-hybridized carbons (Fsp3) is 0.423. The van der Waals surface area contributed by atoms with E-state index in [1.165, 1.54) is 12.5 Å². The molecule has 1 aliphatic rings. The first-order valence-corrected chi connectivity index (χ1v) is 13.8. The summed E-state index contributed by atoms with van der Waals surface area (Å²) in [6.45, 7) is 3.60. The number of aliphatic hydroxyl groups excluding tert-OH is 1. The minimum Gasteiger partial charge on any atom is -0.396 e. The Kier molecular flexibility index (Phi) is 9.66. The first-order chi connectivity index (χ1) is 19.5. The van der Waals surface area contributed by atoms with Crippen molar-refractivity contribution in [3.05, 3.63) is 62.7 Å². The van der Waals surface area contributed by atoms with E-state index in [2.05, 4.69) is 19.9 Å². The van der Waals surface area contributed by atoms with Crippen LogP contribution in [0.25, 0.3) is 0 Å². The van der Waals surface area contributed by atoms with Gasteiger partial charge < -0.3 is 14.9 Å². The maximum Gasteiger partial charge on any atom is 0.417 e. The predicted octanol–water partition coefficient (Wildman–Crippen LogP) is 3.83. The van der Waals surface area contributed by atoms with E-state index >= 15 is 0 Å². The fourth-order valence-corrected chi connectivity index (χ4v) is 5.39. The average molecular weight is 611 g/mol. The lowest BCUT2D eigenvalue weighted by molar-refractivity contribution is -0.137. The van der Waals surface area contributed by atoms with Gasteiger partial charge in [-0.25, -0.2) is 15.0 Å². The summed E-state index contributed by atoms with van der Waals surface area (Å²) in [6.07, 6.45) is -1.35. The Hall–Kier alpha value is -3.49. The Morgan fingerprint density at radius 1 is 1.05 bits per heavy atom. The van der Waals surface area contributed by atoms with Crippen molar-refractivity contribution < 1.29 is 32.7 Å². The number of aliphatic hydroxyl groups is 1. The molecule has 41 heavy (non-hydrogen) atoms. The third kappa shape index (κ3) is 7.63. The molecule has 15 heteroatoms. The molecular formula is C26H26ClF3N6O4S. The second kappa shape index (κ2) is 13.0. The number of thiazole rings is 1. The summed E-state index contributed by atoms with van der Waals surface area (Å²) in [5.74, 6) is -0.584. The highest BCUT2D eigenvalue weighted by Crippen LogP contribution is 2.35. The Morgan fingerprint density at radius 2 is 1.78 bits per heavy atom. The van der Waals surface area contributed by atoms with Crippen LogP contribution in [-0.2, 0) is 17.4 Å². The first kappa shape index (κ1) is 30.5. The number of ketones is 2. The van der Waals surface area contributed by atoms with Crippen LogP contribution in [0.1, 0.15) is 62.1 Å². The number of nitrogens with zero attached hydrogens (tertiary/aromatic N) is 6. The molecule has 1 unspecified atom stereocenters. The number of hydrogen-bond acceptors (Lipinski definition) is 10. The van der Waals surface area contributed by atoms with Gasteiger partial charge >= 0.3 is 6.18 Å². The van der Waals surface area contributed by atoms with E-state index in [1.807, 2.05) is 4.90 Å². The van der Waals surface area contributed by atoms with Gasteiger partial charge in [-0.15, -0.1) is 11.3 Å². The van der Waals surface area contributed by atoms with Gasteiger partial charge in [0.15, 0.2) is 11.6 Å². The predicted molar refractivity (Wildman–Crippen MR) is 144 cm³/mol. The second-order valence-electron chi connectivity index (χ2n) is 9.45. The number of hydrogen-bond donors (Lipinski definition) is 1. The molecule has 3 aromatic heterocycles. The van der Waals surface area contributed by atoms with E-state index in [4.69, 9.17) is 16.7 Å². The molecule has 10 nitrogen and oxygen atoms in total. The third-order valence-electron chi connectivity index (χ3n) is 6.49. The molecule has 0 aliphatic carbocycles. The van der Waals surface area contributed by atoms with E-state index in [0.29, 0.717) is 37.0 Å². The molecule has 1 atom stereocenters. The normalized spacial score (nSPS) is 14.7. The highest BCUT2D eigenvalue weighted by atomic mass is 35.5. The minimum absolute atomic E-state index is 0.0642. The molecule has 1 fully saturated rings. The van der Waals surface area contributed by atoms with Crippen molar-refractivity contribution in [3.63, 3.8) is 0 Å². The molecule has 0 spiro atoms. The Balaban J connectivity index is 1.36. The largest absolute Gasteiger partial charge is 0.417 e. The van der Waals surface area contributed by atoms with Crippen molar-refractivity contribution in [1.82, 2.24) is 24.8 Å². The van der Waals surface area contributed by atoms with Crippen LogP contribution in [0, 0.1) is 0 Å². The van der Waals surface area contributed by atoms with Crippen LogP contribution in [0.4, 0.5) is 19.0 Å². The molecule has 218 valence electrons. The number of Topliss-reactive ketones (excluding diaryl/α,β-unsaturated/α-hetero) is 2. The number of aromatic nitrogens is 4. The van der Waals surface area contributed by atoms with Gasteiger partial charge in [0.05, 0.1) is 33.5 Å². The third-order valence-corrected chi connectivity index (χ3v) is 8.06. The van der Waals surface area contributed by atoms with Gasteiger partial charge in [-0.05, 0) is 6.07 Å². The number of amides is 1. The standard InChI is InChI=1S/C26H26ClF3N6O4S/c1-15(25-32-13-22(41-25)21(39)10-16-9-17(26(28,29)30)18(27)12-31-16)8-20(38)19-11-23(34-14-33-19)35-3-5-36(6-4-35)24(40)2-7-37/h9,11-15,37H,2-8,10H2,1H3. The zero-order chi connectivity index (χ0) is 29.7. The van der Waals surface area contributed by atoms with Gasteiger partial charge in [-0.2, -0.15) is 13.2 Å². The quantitative estimate of drug-likeness (QED) is 0.340. The van der Waals surface area contributed by atoms with Crippen LogP contribution in [0.5, 0.6) is 0 Å². The van der Waals surface area contributed by atoms with E-state index < -0.39 is 22.5 Å². The van der Waals surface area contributed by atoms with Crippen molar-refractivity contribution in [2.45, 2.75) is 38.3 Å². The topological polar surface area (TPSA) is 129 Å². The molecular weight excluding hydrogens is 585 g/mol. The average Bonchev–Trinajstić information content (AvgIpc) is 3.45. The lowest BCUT2D eigenvalue weighted by atomic mass is 10.0. The molecule has 4 rings (SSSR count). The number of piperazine rings is 1. The minimum atomic E-state index is -4.67. The molecule has 0 bridgehead atoms. The monoisotopic (exact) mass is 610 g/mol. The molecule has 1 saturated heterocycles. The lowest BCUT2D eigenvalue weighted by Gasteiger charge is -2.35. The lowest BCUT2D eigenvalue weighted by Crippen LogP contribution is -2.49. The van der Waals surface area contributed by atoms with Crippen molar-refractivity contribution >= 4 is 46.2 Å². The summed E-state index contributed by atoms with van der Waals surface area (Å²) in [5, 5.41) is 8.95. The zero-order valence-corrected chi connectivity index (χ0v) is 23.5. The summed E-state index contributed by atoms with van der Waals surface area (Å²) >= 11 is 6.67. The highest BCUT2D eigenvalue weighted by Gasteiger charge is 2.34. The Bertz CT molecular complexity index is 1430. The van der Waals surface area contributed by atoms with Crippen LogP contribution >= 0.6 is 22.9 Å². The number of rotatable bonds is 10. The number of halogens is 4.